The molecule has 0 amide bonds. The number of hydrogen-bond donors (Lipinski definition) is 3. The average molecular weight is 565 g/mol. The molecule has 0 aliphatic carbocycles. The van der Waals surface area contributed by atoms with Crippen LogP contribution in [0.3, 0.4) is 0 Å². The first-order chi connectivity index (χ1) is 19.7. The van der Waals surface area contributed by atoms with Gasteiger partial charge >= 0.3 is 12.1 Å². The van der Waals surface area contributed by atoms with Crippen molar-refractivity contribution in [3.63, 3.8) is 0 Å². The molecule has 0 spiro atoms. The van der Waals surface area contributed by atoms with Crippen LogP contribution in [0, 0.1) is 0 Å². The zero-order valence-electron chi connectivity index (χ0n) is 23.7. The number of carbonyl (C=O) groups is 2. The van der Waals surface area contributed by atoms with Gasteiger partial charge in [0, 0.05) is 12.1 Å². The maximum Gasteiger partial charge on any atom is 0.511 e. The lowest BCUT2D eigenvalue weighted by Gasteiger charge is -2.28. The summed E-state index contributed by atoms with van der Waals surface area (Å²) in [5.41, 5.74) is 2.92. The molecular formula is C29H36N6O6. The molecule has 0 radical (unpaired) electrons. The minimum absolute atomic E-state index is 0.138. The maximum absolute atomic E-state index is 13.3. The molecule has 1 atom stereocenters. The molecule has 1 unspecified atom stereocenters. The lowest BCUT2D eigenvalue weighted by atomic mass is 9.98. The molecule has 1 aliphatic rings. The highest BCUT2D eigenvalue weighted by Gasteiger charge is 2.41. The van der Waals surface area contributed by atoms with Gasteiger partial charge in [-0.05, 0) is 55.5 Å². The van der Waals surface area contributed by atoms with Gasteiger partial charge in [0.2, 0.25) is 12.6 Å². The Morgan fingerprint density at radius 3 is 2.39 bits per heavy atom. The van der Waals surface area contributed by atoms with E-state index in [1.54, 1.807) is 20.8 Å². The van der Waals surface area contributed by atoms with Crippen LogP contribution in [0.4, 0.5) is 4.79 Å². The van der Waals surface area contributed by atoms with E-state index in [2.05, 4.69) is 32.9 Å². The number of carbonyl (C=O) groups excluding carboxylic acids is 2. The minimum atomic E-state index is -1.35. The standard InChI is InChI=1S/C29H36N6O6/c1-5-7-12-23-30-25(29(3,4)38)24(27(36)40-18-41-28(37)39-6-2)35(23)17-19-13-15-20(16-14-19)21-10-8-9-11-22(21)26-31-33-34-32-26/h8-11,13-16,23,30,38H,5-7,12,17-18H2,1-4H3,(H,31,32,33,34). The normalized spacial score (nSPS) is 15.0. The molecule has 218 valence electrons. The summed E-state index contributed by atoms with van der Waals surface area (Å²) in [5.74, 6) is -0.213. The van der Waals surface area contributed by atoms with E-state index in [4.69, 9.17) is 14.2 Å². The van der Waals surface area contributed by atoms with Gasteiger partial charge in [0.15, 0.2) is 0 Å². The van der Waals surface area contributed by atoms with Crippen LogP contribution < -0.4 is 5.32 Å². The Balaban J connectivity index is 1.60. The van der Waals surface area contributed by atoms with E-state index in [9.17, 15) is 14.7 Å². The van der Waals surface area contributed by atoms with Gasteiger partial charge in [0.25, 0.3) is 0 Å². The molecule has 12 nitrogen and oxygen atoms in total. The number of unbranched alkanes of at least 4 members (excludes halogenated alkanes) is 1. The molecule has 2 aromatic carbocycles. The van der Waals surface area contributed by atoms with E-state index >= 15 is 0 Å². The van der Waals surface area contributed by atoms with Crippen molar-refractivity contribution in [2.75, 3.05) is 13.4 Å². The monoisotopic (exact) mass is 564 g/mol. The maximum atomic E-state index is 13.3. The third kappa shape index (κ3) is 7.20. The van der Waals surface area contributed by atoms with Crippen molar-refractivity contribution in [2.45, 2.75) is 65.3 Å². The van der Waals surface area contributed by atoms with Gasteiger partial charge in [-0.15, -0.1) is 10.2 Å². The molecule has 0 bridgehead atoms. The number of hydrogen-bond acceptors (Lipinski definition) is 11. The van der Waals surface area contributed by atoms with Crippen LogP contribution in [0.1, 0.15) is 52.5 Å². The molecule has 3 aromatic rings. The fourth-order valence-electron chi connectivity index (χ4n) is 4.66. The number of aromatic amines is 1. The molecule has 0 saturated carbocycles. The Morgan fingerprint density at radius 2 is 1.76 bits per heavy atom. The summed E-state index contributed by atoms with van der Waals surface area (Å²) < 4.78 is 14.8. The largest absolute Gasteiger partial charge is 0.511 e. The van der Waals surface area contributed by atoms with Crippen LogP contribution >= 0.6 is 0 Å². The molecule has 3 N–H and O–H groups in total. The van der Waals surface area contributed by atoms with Crippen molar-refractivity contribution in [3.8, 4) is 22.5 Å². The Kier molecular flexibility index (Phi) is 9.56. The Hall–Kier alpha value is -4.45. The Morgan fingerprint density at radius 1 is 1.02 bits per heavy atom. The fourth-order valence-corrected chi connectivity index (χ4v) is 4.66. The van der Waals surface area contributed by atoms with Crippen molar-refractivity contribution in [1.29, 1.82) is 0 Å². The van der Waals surface area contributed by atoms with Gasteiger partial charge in [0.05, 0.1) is 18.5 Å². The second-order valence-electron chi connectivity index (χ2n) is 10.1. The molecule has 12 heteroatoms. The zero-order chi connectivity index (χ0) is 29.4. The number of esters is 1. The van der Waals surface area contributed by atoms with Crippen LogP contribution in [0.2, 0.25) is 0 Å². The molecule has 4 rings (SSSR count). The van der Waals surface area contributed by atoms with E-state index in [1.807, 2.05) is 53.4 Å². The highest BCUT2D eigenvalue weighted by atomic mass is 16.8. The molecule has 0 fully saturated rings. The number of aromatic nitrogens is 4. The molecule has 0 saturated heterocycles. The third-order valence-electron chi connectivity index (χ3n) is 6.61. The van der Waals surface area contributed by atoms with Crippen LogP contribution in [0.5, 0.6) is 0 Å². The van der Waals surface area contributed by atoms with Gasteiger partial charge in [-0.1, -0.05) is 61.9 Å². The quantitative estimate of drug-likeness (QED) is 0.215. The zero-order valence-corrected chi connectivity index (χ0v) is 23.7. The summed E-state index contributed by atoms with van der Waals surface area (Å²) in [6, 6.07) is 15.8. The van der Waals surface area contributed by atoms with E-state index in [0.717, 1.165) is 41.5 Å². The summed E-state index contributed by atoms with van der Waals surface area (Å²) in [5, 5.41) is 28.7. The minimum Gasteiger partial charge on any atom is -0.435 e. The SMILES string of the molecule is CCCCC1NC(C(C)(C)O)=C(C(=O)OCOC(=O)OCC)N1Cc1ccc(-c2ccccc2-c2nn[nH]n2)cc1. The average Bonchev–Trinajstić information content (AvgIpc) is 3.61. The van der Waals surface area contributed by atoms with Crippen LogP contribution in [0.25, 0.3) is 22.5 Å². The smallest absolute Gasteiger partial charge is 0.435 e. The lowest BCUT2D eigenvalue weighted by Crippen LogP contribution is -2.39. The first-order valence-corrected chi connectivity index (χ1v) is 13.6. The Bertz CT molecular complexity index is 1350. The number of tetrazole rings is 1. The summed E-state index contributed by atoms with van der Waals surface area (Å²) in [6.07, 6.45) is 1.44. The first kappa shape index (κ1) is 29.5. The molecule has 1 aromatic heterocycles. The van der Waals surface area contributed by atoms with Crippen molar-refractivity contribution >= 4 is 12.1 Å². The number of ether oxygens (including phenoxy) is 3. The summed E-state index contributed by atoms with van der Waals surface area (Å²) in [4.78, 5) is 26.8. The van der Waals surface area contributed by atoms with Crippen molar-refractivity contribution in [3.05, 3.63) is 65.5 Å². The summed E-state index contributed by atoms with van der Waals surface area (Å²) in [7, 11) is 0. The van der Waals surface area contributed by atoms with Gasteiger partial charge in [-0.3, -0.25) is 0 Å². The highest BCUT2D eigenvalue weighted by Crippen LogP contribution is 2.33. The number of nitrogens with zero attached hydrogens (tertiary/aromatic N) is 4. The van der Waals surface area contributed by atoms with Crippen molar-refractivity contribution in [1.82, 2.24) is 30.8 Å². The summed E-state index contributed by atoms with van der Waals surface area (Å²) in [6.45, 7) is 6.85. The highest BCUT2D eigenvalue weighted by molar-refractivity contribution is 5.89. The second kappa shape index (κ2) is 13.3. The van der Waals surface area contributed by atoms with Crippen molar-refractivity contribution < 1.29 is 28.9 Å². The van der Waals surface area contributed by atoms with E-state index in [1.165, 1.54) is 0 Å². The summed E-state index contributed by atoms with van der Waals surface area (Å²) >= 11 is 0. The Labute approximate surface area is 238 Å². The van der Waals surface area contributed by atoms with Gasteiger partial charge in [-0.25, -0.2) is 9.59 Å². The van der Waals surface area contributed by atoms with Crippen LogP contribution in [0.15, 0.2) is 59.9 Å². The van der Waals surface area contributed by atoms with Crippen molar-refractivity contribution in [2.24, 2.45) is 0 Å². The first-order valence-electron chi connectivity index (χ1n) is 13.6. The number of benzene rings is 2. The molecular weight excluding hydrogens is 528 g/mol. The molecule has 1 aliphatic heterocycles. The van der Waals surface area contributed by atoms with Crippen LogP contribution in [-0.4, -0.2) is 67.9 Å². The van der Waals surface area contributed by atoms with Gasteiger partial charge in [-0.2, -0.15) is 5.21 Å². The third-order valence-corrected chi connectivity index (χ3v) is 6.61. The van der Waals surface area contributed by atoms with E-state index < -0.39 is 24.5 Å². The number of nitrogens with one attached hydrogen (secondary N) is 2. The molecule has 41 heavy (non-hydrogen) atoms. The topological polar surface area (TPSA) is 152 Å². The van der Waals surface area contributed by atoms with E-state index in [-0.39, 0.29) is 18.5 Å². The predicted octanol–water partition coefficient (Wildman–Crippen LogP) is 4.11. The van der Waals surface area contributed by atoms with E-state index in [0.29, 0.717) is 18.1 Å². The number of aliphatic hydroxyl groups is 1. The van der Waals surface area contributed by atoms with Gasteiger partial charge in [0.1, 0.15) is 11.3 Å². The predicted molar refractivity (Wildman–Crippen MR) is 149 cm³/mol. The number of rotatable bonds is 12. The van der Waals surface area contributed by atoms with Crippen LogP contribution in [-0.2, 0) is 25.5 Å². The lowest BCUT2D eigenvalue weighted by molar-refractivity contribution is -0.150. The molecule has 2 heterocycles. The number of H-pyrrole nitrogens is 1. The van der Waals surface area contributed by atoms with Gasteiger partial charge < -0.3 is 29.5 Å². The second-order valence-corrected chi connectivity index (χ2v) is 10.1. The fraction of sp³-hybridized carbons (Fsp3) is 0.414.